The molecule has 8 nitrogen and oxygen atoms in total. The minimum absolute atomic E-state index is 0.0833. The van der Waals surface area contributed by atoms with E-state index in [0.29, 0.717) is 37.2 Å². The number of likely N-dealkylation sites (N-methyl/N-ethyl adjacent to an activating group) is 1. The molecule has 0 bridgehead atoms. The fraction of sp³-hybridized carbons (Fsp3) is 0.500. The van der Waals surface area contributed by atoms with Crippen LogP contribution in [0, 0.1) is 0 Å². The highest BCUT2D eigenvalue weighted by Gasteiger charge is 2.16. The van der Waals surface area contributed by atoms with Gasteiger partial charge < -0.3 is 25.0 Å². The standard InChI is InChI=1S/C24H36N4O4/c1-17(24(30)25-5)13-19(3)28(20(4)29)16-27(6)10-9-18(2)26-15-21-7-8-22-23(14-21)32-12-11-31-22/h7-8,13-14,18,26H,1,9-12,15-16H2,2-6H3,(H,25,30)/b19-13+. The van der Waals surface area contributed by atoms with Gasteiger partial charge in [0, 0.05) is 44.4 Å². The summed E-state index contributed by atoms with van der Waals surface area (Å²) in [4.78, 5) is 27.6. The van der Waals surface area contributed by atoms with Gasteiger partial charge in [-0.15, -0.1) is 0 Å². The summed E-state index contributed by atoms with van der Waals surface area (Å²) in [6.07, 6.45) is 2.55. The molecule has 0 radical (unpaired) electrons. The van der Waals surface area contributed by atoms with E-state index in [-0.39, 0.29) is 11.8 Å². The summed E-state index contributed by atoms with van der Waals surface area (Å²) in [6.45, 7) is 12.4. The predicted molar refractivity (Wildman–Crippen MR) is 125 cm³/mol. The molecule has 0 aromatic heterocycles. The Hall–Kier alpha value is -2.84. The molecule has 1 aliphatic rings. The second-order valence-corrected chi connectivity index (χ2v) is 8.11. The Morgan fingerprint density at radius 3 is 2.56 bits per heavy atom. The molecule has 1 heterocycles. The van der Waals surface area contributed by atoms with Crippen molar-refractivity contribution in [1.29, 1.82) is 0 Å². The van der Waals surface area contributed by atoms with Gasteiger partial charge in [0.25, 0.3) is 0 Å². The maximum Gasteiger partial charge on any atom is 0.250 e. The largest absolute Gasteiger partial charge is 0.486 e. The van der Waals surface area contributed by atoms with Crippen LogP contribution in [0.2, 0.25) is 0 Å². The molecule has 1 aromatic rings. The molecule has 1 atom stereocenters. The number of nitrogens with zero attached hydrogens (tertiary/aromatic N) is 2. The molecule has 1 unspecified atom stereocenters. The van der Waals surface area contributed by atoms with Crippen LogP contribution in [-0.2, 0) is 16.1 Å². The lowest BCUT2D eigenvalue weighted by Crippen LogP contribution is -2.39. The molecule has 0 aliphatic carbocycles. The maximum atomic E-state index is 12.1. The van der Waals surface area contributed by atoms with Gasteiger partial charge in [0.2, 0.25) is 11.8 Å². The van der Waals surface area contributed by atoms with Gasteiger partial charge in [0.15, 0.2) is 11.5 Å². The topological polar surface area (TPSA) is 83.1 Å². The van der Waals surface area contributed by atoms with Crippen LogP contribution in [0.15, 0.2) is 42.1 Å². The molecule has 8 heteroatoms. The number of fused-ring (bicyclic) bond motifs is 1. The molecule has 0 fully saturated rings. The number of ether oxygens (including phenoxy) is 2. The van der Waals surface area contributed by atoms with Gasteiger partial charge in [-0.05, 0) is 51.1 Å². The molecule has 1 aromatic carbocycles. The third kappa shape index (κ3) is 7.69. The third-order valence-electron chi connectivity index (χ3n) is 5.30. The van der Waals surface area contributed by atoms with Crippen molar-refractivity contribution in [3.63, 3.8) is 0 Å². The van der Waals surface area contributed by atoms with Crippen molar-refractivity contribution in [1.82, 2.24) is 20.4 Å². The predicted octanol–water partition coefficient (Wildman–Crippen LogP) is 2.27. The monoisotopic (exact) mass is 444 g/mol. The lowest BCUT2D eigenvalue weighted by Gasteiger charge is -2.28. The van der Waals surface area contributed by atoms with Crippen LogP contribution in [0.1, 0.15) is 32.8 Å². The smallest absolute Gasteiger partial charge is 0.250 e. The maximum absolute atomic E-state index is 12.1. The minimum Gasteiger partial charge on any atom is -0.486 e. The molecule has 176 valence electrons. The van der Waals surface area contributed by atoms with Crippen LogP contribution in [0.3, 0.4) is 0 Å². The van der Waals surface area contributed by atoms with E-state index in [2.05, 4.69) is 29.0 Å². The van der Waals surface area contributed by atoms with E-state index >= 15 is 0 Å². The molecule has 0 saturated carbocycles. The van der Waals surface area contributed by atoms with Gasteiger partial charge in [-0.3, -0.25) is 14.5 Å². The SMILES string of the molecule is C=C(/C=C(\C)N(CN(C)CCC(C)NCc1ccc2c(c1)OCCO2)C(C)=O)C(=O)NC. The Kier molecular flexibility index (Phi) is 9.74. The lowest BCUT2D eigenvalue weighted by molar-refractivity contribution is -0.128. The second-order valence-electron chi connectivity index (χ2n) is 8.11. The first-order valence-electron chi connectivity index (χ1n) is 10.9. The molecule has 2 amide bonds. The molecular formula is C24H36N4O4. The summed E-state index contributed by atoms with van der Waals surface area (Å²) in [6, 6.07) is 6.31. The first-order valence-corrected chi connectivity index (χ1v) is 10.9. The van der Waals surface area contributed by atoms with Crippen LogP contribution >= 0.6 is 0 Å². The molecular weight excluding hydrogens is 408 g/mol. The number of rotatable bonds is 11. The van der Waals surface area contributed by atoms with E-state index in [0.717, 1.165) is 36.6 Å². The highest BCUT2D eigenvalue weighted by Crippen LogP contribution is 2.30. The first-order chi connectivity index (χ1) is 15.2. The van der Waals surface area contributed by atoms with Gasteiger partial charge in [0.1, 0.15) is 13.2 Å². The number of nitrogens with one attached hydrogen (secondary N) is 2. The van der Waals surface area contributed by atoms with Gasteiger partial charge >= 0.3 is 0 Å². The van der Waals surface area contributed by atoms with E-state index in [9.17, 15) is 9.59 Å². The summed E-state index contributed by atoms with van der Waals surface area (Å²) < 4.78 is 11.2. The van der Waals surface area contributed by atoms with Gasteiger partial charge in [-0.2, -0.15) is 0 Å². The van der Waals surface area contributed by atoms with Crippen LogP contribution in [-0.4, -0.2) is 68.2 Å². The summed E-state index contributed by atoms with van der Waals surface area (Å²) in [7, 11) is 3.53. The molecule has 2 N–H and O–H groups in total. The van der Waals surface area contributed by atoms with Crippen LogP contribution < -0.4 is 20.1 Å². The van der Waals surface area contributed by atoms with Gasteiger partial charge in [0.05, 0.1) is 6.67 Å². The third-order valence-corrected chi connectivity index (χ3v) is 5.30. The highest BCUT2D eigenvalue weighted by molar-refractivity contribution is 5.95. The lowest BCUT2D eigenvalue weighted by atomic mass is 10.1. The Morgan fingerprint density at radius 2 is 1.91 bits per heavy atom. The zero-order valence-electron chi connectivity index (χ0n) is 19.9. The van der Waals surface area contributed by atoms with Gasteiger partial charge in [-0.1, -0.05) is 12.6 Å². The van der Waals surface area contributed by atoms with Crippen molar-refractivity contribution >= 4 is 11.8 Å². The van der Waals surface area contributed by atoms with Crippen molar-refractivity contribution in [3.8, 4) is 11.5 Å². The zero-order chi connectivity index (χ0) is 23.7. The Bertz CT molecular complexity index is 852. The Balaban J connectivity index is 1.81. The minimum atomic E-state index is -0.265. The van der Waals surface area contributed by atoms with Crippen molar-refractivity contribution in [2.45, 2.75) is 39.8 Å². The van der Waals surface area contributed by atoms with Crippen molar-refractivity contribution < 1.29 is 19.1 Å². The normalized spacial score (nSPS) is 14.1. The van der Waals surface area contributed by atoms with E-state index in [1.807, 2.05) is 25.2 Å². The first kappa shape index (κ1) is 25.4. The van der Waals surface area contributed by atoms with E-state index in [1.165, 1.54) is 6.92 Å². The zero-order valence-corrected chi connectivity index (χ0v) is 19.9. The van der Waals surface area contributed by atoms with Crippen molar-refractivity contribution in [2.24, 2.45) is 0 Å². The van der Waals surface area contributed by atoms with E-state index in [1.54, 1.807) is 24.9 Å². The number of benzene rings is 1. The van der Waals surface area contributed by atoms with Crippen LogP contribution in [0.25, 0.3) is 0 Å². The molecule has 0 spiro atoms. The Labute approximate surface area is 191 Å². The quantitative estimate of drug-likeness (QED) is 0.310. The summed E-state index contributed by atoms with van der Waals surface area (Å²) in [5, 5.41) is 6.07. The second kappa shape index (κ2) is 12.3. The van der Waals surface area contributed by atoms with Crippen molar-refractivity contribution in [2.75, 3.05) is 40.5 Å². The van der Waals surface area contributed by atoms with Crippen molar-refractivity contribution in [3.05, 3.63) is 47.7 Å². The molecule has 1 aliphatic heterocycles. The van der Waals surface area contributed by atoms with Crippen LogP contribution in [0.5, 0.6) is 11.5 Å². The Morgan fingerprint density at radius 1 is 1.22 bits per heavy atom. The number of hydrogen-bond donors (Lipinski definition) is 2. The van der Waals surface area contributed by atoms with E-state index < -0.39 is 0 Å². The fourth-order valence-corrected chi connectivity index (χ4v) is 3.33. The number of allylic oxidation sites excluding steroid dienone is 1. The number of carbonyl (C=O) groups is 2. The number of amides is 2. The van der Waals surface area contributed by atoms with E-state index in [4.69, 9.17) is 9.47 Å². The number of hydrogen-bond acceptors (Lipinski definition) is 6. The summed E-state index contributed by atoms with van der Waals surface area (Å²) in [5.41, 5.74) is 2.15. The fourth-order valence-electron chi connectivity index (χ4n) is 3.33. The van der Waals surface area contributed by atoms with Gasteiger partial charge in [-0.25, -0.2) is 0 Å². The average molecular weight is 445 g/mol. The highest BCUT2D eigenvalue weighted by atomic mass is 16.6. The van der Waals surface area contributed by atoms with Crippen LogP contribution in [0.4, 0.5) is 0 Å². The summed E-state index contributed by atoms with van der Waals surface area (Å²) in [5.74, 6) is 1.25. The summed E-state index contributed by atoms with van der Waals surface area (Å²) >= 11 is 0. The molecule has 0 saturated heterocycles. The molecule has 2 rings (SSSR count). The number of carbonyl (C=O) groups excluding carboxylic acids is 2. The average Bonchev–Trinajstić information content (AvgIpc) is 2.78. The molecule has 32 heavy (non-hydrogen) atoms.